The predicted octanol–water partition coefficient (Wildman–Crippen LogP) is 2.96. The number of rotatable bonds is 2. The van der Waals surface area contributed by atoms with Crippen molar-refractivity contribution < 1.29 is 18.4 Å². The maximum atomic E-state index is 13.9. The van der Waals surface area contributed by atoms with Crippen molar-refractivity contribution in [3.05, 3.63) is 29.8 Å². The molecule has 6 heteroatoms. The van der Waals surface area contributed by atoms with Crippen LogP contribution in [-0.2, 0) is 9.59 Å². The molecule has 1 aliphatic heterocycles. The molecule has 0 aromatic heterocycles. The molecule has 1 unspecified atom stereocenters. The fourth-order valence-electron chi connectivity index (χ4n) is 2.71. The Labute approximate surface area is 135 Å². The van der Waals surface area contributed by atoms with E-state index in [1.165, 1.54) is 15.9 Å². The third-order valence-corrected chi connectivity index (χ3v) is 3.86. The van der Waals surface area contributed by atoms with Crippen molar-refractivity contribution in [3.63, 3.8) is 0 Å². The van der Waals surface area contributed by atoms with Gasteiger partial charge in [0.05, 0.1) is 5.69 Å². The number of anilines is 1. The molecule has 1 saturated heterocycles. The lowest BCUT2D eigenvalue weighted by Crippen LogP contribution is -2.58. The number of halogens is 2. The predicted molar refractivity (Wildman–Crippen MR) is 84.0 cm³/mol. The van der Waals surface area contributed by atoms with Gasteiger partial charge in [-0.15, -0.1) is 0 Å². The first-order valence-corrected chi connectivity index (χ1v) is 7.66. The molecular weight excluding hydrogens is 302 g/mol. The maximum Gasteiger partial charge on any atom is 0.249 e. The Morgan fingerprint density at radius 3 is 2.48 bits per heavy atom. The van der Waals surface area contributed by atoms with Gasteiger partial charge >= 0.3 is 0 Å². The van der Waals surface area contributed by atoms with Crippen LogP contribution >= 0.6 is 0 Å². The normalized spacial score (nSPS) is 19.2. The van der Waals surface area contributed by atoms with E-state index in [2.05, 4.69) is 0 Å². The zero-order chi connectivity index (χ0) is 17.4. The van der Waals surface area contributed by atoms with E-state index >= 15 is 0 Å². The van der Waals surface area contributed by atoms with E-state index < -0.39 is 17.7 Å². The highest BCUT2D eigenvalue weighted by atomic mass is 19.1. The van der Waals surface area contributed by atoms with Crippen LogP contribution in [0, 0.1) is 17.0 Å². The lowest BCUT2D eigenvalue weighted by atomic mass is 9.91. The first kappa shape index (κ1) is 17.4. The molecule has 0 spiro atoms. The van der Waals surface area contributed by atoms with Gasteiger partial charge in [0.1, 0.15) is 17.7 Å². The minimum Gasteiger partial charge on any atom is -0.329 e. The van der Waals surface area contributed by atoms with Crippen molar-refractivity contribution >= 4 is 17.5 Å². The van der Waals surface area contributed by atoms with Crippen molar-refractivity contribution in [2.75, 3.05) is 18.0 Å². The van der Waals surface area contributed by atoms with E-state index in [9.17, 15) is 18.4 Å². The van der Waals surface area contributed by atoms with Gasteiger partial charge < -0.3 is 9.80 Å². The highest BCUT2D eigenvalue weighted by Gasteiger charge is 2.36. The molecule has 1 heterocycles. The lowest BCUT2D eigenvalue weighted by Gasteiger charge is -2.40. The Morgan fingerprint density at radius 1 is 1.26 bits per heavy atom. The van der Waals surface area contributed by atoms with E-state index in [1.807, 2.05) is 20.8 Å². The highest BCUT2D eigenvalue weighted by molar-refractivity contribution is 6.00. The van der Waals surface area contributed by atoms with Crippen LogP contribution in [0.2, 0.25) is 0 Å². The summed E-state index contributed by atoms with van der Waals surface area (Å²) in [6.07, 6.45) is 0.343. The molecule has 0 saturated carbocycles. The largest absolute Gasteiger partial charge is 0.329 e. The van der Waals surface area contributed by atoms with Gasteiger partial charge in [0, 0.05) is 25.6 Å². The van der Waals surface area contributed by atoms with Gasteiger partial charge in [-0.25, -0.2) is 8.78 Å². The summed E-state index contributed by atoms with van der Waals surface area (Å²) in [6, 6.07) is 2.46. The summed E-state index contributed by atoms with van der Waals surface area (Å²) in [4.78, 5) is 27.7. The molecule has 2 rings (SSSR count). The molecule has 1 aromatic carbocycles. The molecule has 1 aromatic rings. The molecule has 0 radical (unpaired) electrons. The Balaban J connectivity index is 2.17. The third kappa shape index (κ3) is 3.86. The molecule has 0 N–H and O–H groups in total. The van der Waals surface area contributed by atoms with Crippen LogP contribution in [0.3, 0.4) is 0 Å². The number of piperazine rings is 1. The van der Waals surface area contributed by atoms with Crippen LogP contribution in [0.5, 0.6) is 0 Å². The Morgan fingerprint density at radius 2 is 1.91 bits per heavy atom. The van der Waals surface area contributed by atoms with Gasteiger partial charge in [-0.05, 0) is 24.5 Å². The second-order valence-electron chi connectivity index (χ2n) is 7.09. The number of amides is 2. The van der Waals surface area contributed by atoms with Crippen LogP contribution in [0.1, 0.15) is 34.1 Å². The zero-order valence-electron chi connectivity index (χ0n) is 13.9. The van der Waals surface area contributed by atoms with E-state index in [0.717, 1.165) is 12.1 Å². The fraction of sp³-hybridized carbons (Fsp3) is 0.529. The number of hydrogen-bond acceptors (Lipinski definition) is 2. The summed E-state index contributed by atoms with van der Waals surface area (Å²) in [5, 5.41) is 0. The number of carbonyl (C=O) groups is 2. The summed E-state index contributed by atoms with van der Waals surface area (Å²) in [5.41, 5.74) is -0.119. The second kappa shape index (κ2) is 6.26. The molecular formula is C17H22F2N2O2. The minimum absolute atomic E-state index is 0.0474. The molecule has 2 amide bonds. The van der Waals surface area contributed by atoms with E-state index in [4.69, 9.17) is 0 Å². The Bertz CT molecular complexity index is 626. The average molecular weight is 324 g/mol. The van der Waals surface area contributed by atoms with Gasteiger partial charge in [0.15, 0.2) is 0 Å². The van der Waals surface area contributed by atoms with Crippen molar-refractivity contribution in [1.29, 1.82) is 0 Å². The van der Waals surface area contributed by atoms with Gasteiger partial charge in [0.25, 0.3) is 0 Å². The van der Waals surface area contributed by atoms with Crippen molar-refractivity contribution in [2.24, 2.45) is 5.41 Å². The number of carbonyl (C=O) groups excluding carboxylic acids is 2. The Hall–Kier alpha value is -1.98. The van der Waals surface area contributed by atoms with Crippen LogP contribution in [0.25, 0.3) is 0 Å². The highest BCUT2D eigenvalue weighted by Crippen LogP contribution is 2.26. The third-order valence-electron chi connectivity index (χ3n) is 3.86. The van der Waals surface area contributed by atoms with E-state index in [1.54, 1.807) is 6.92 Å². The summed E-state index contributed by atoms with van der Waals surface area (Å²) in [6.45, 7) is 8.04. The quantitative estimate of drug-likeness (QED) is 0.839. The van der Waals surface area contributed by atoms with Gasteiger partial charge in [-0.2, -0.15) is 0 Å². The first-order valence-electron chi connectivity index (χ1n) is 7.66. The van der Waals surface area contributed by atoms with Gasteiger partial charge in [-0.3, -0.25) is 9.59 Å². The molecule has 0 bridgehead atoms. The maximum absolute atomic E-state index is 13.9. The summed E-state index contributed by atoms with van der Waals surface area (Å²) in [7, 11) is 0. The monoisotopic (exact) mass is 324 g/mol. The van der Waals surface area contributed by atoms with Crippen LogP contribution in [-0.4, -0.2) is 35.8 Å². The standard InChI is InChI=1S/C17H22F2N2O2/c1-11-16(23)21(14-6-5-12(18)9-13(14)19)8-7-20(11)15(22)10-17(2,3)4/h5-6,9,11H,7-8,10H2,1-4H3. The Kier molecular flexibility index (Phi) is 4.73. The molecule has 1 atom stereocenters. The van der Waals surface area contributed by atoms with Crippen molar-refractivity contribution in [1.82, 2.24) is 4.90 Å². The summed E-state index contributed by atoms with van der Waals surface area (Å²) < 4.78 is 26.9. The smallest absolute Gasteiger partial charge is 0.249 e. The number of nitrogens with zero attached hydrogens (tertiary/aromatic N) is 2. The molecule has 1 aliphatic rings. The molecule has 1 fully saturated rings. The molecule has 23 heavy (non-hydrogen) atoms. The van der Waals surface area contributed by atoms with Gasteiger partial charge in [-0.1, -0.05) is 20.8 Å². The van der Waals surface area contributed by atoms with Crippen LogP contribution < -0.4 is 4.90 Å². The molecule has 4 nitrogen and oxygen atoms in total. The molecule has 126 valence electrons. The van der Waals surface area contributed by atoms with E-state index in [-0.39, 0.29) is 29.5 Å². The average Bonchev–Trinajstić information content (AvgIpc) is 2.40. The van der Waals surface area contributed by atoms with Crippen LogP contribution in [0.15, 0.2) is 18.2 Å². The topological polar surface area (TPSA) is 40.6 Å². The number of benzene rings is 1. The van der Waals surface area contributed by atoms with Crippen molar-refractivity contribution in [2.45, 2.75) is 40.2 Å². The summed E-state index contributed by atoms with van der Waals surface area (Å²) in [5.74, 6) is -1.91. The van der Waals surface area contributed by atoms with Gasteiger partial charge in [0.2, 0.25) is 11.8 Å². The van der Waals surface area contributed by atoms with Crippen LogP contribution in [0.4, 0.5) is 14.5 Å². The van der Waals surface area contributed by atoms with Crippen molar-refractivity contribution in [3.8, 4) is 0 Å². The fourth-order valence-corrected chi connectivity index (χ4v) is 2.71. The first-order chi connectivity index (χ1) is 10.6. The minimum atomic E-state index is -0.778. The summed E-state index contributed by atoms with van der Waals surface area (Å²) >= 11 is 0. The lowest BCUT2D eigenvalue weighted by molar-refractivity contribution is -0.142. The SMILES string of the molecule is CC1C(=O)N(c2ccc(F)cc2F)CCN1C(=O)CC(C)(C)C. The number of hydrogen-bond donors (Lipinski definition) is 0. The second-order valence-corrected chi connectivity index (χ2v) is 7.09. The molecule has 0 aliphatic carbocycles. The van der Waals surface area contributed by atoms with E-state index in [0.29, 0.717) is 13.0 Å². The zero-order valence-corrected chi connectivity index (χ0v) is 13.9.